The van der Waals surface area contributed by atoms with Gasteiger partial charge in [0.2, 0.25) is 5.82 Å². The van der Waals surface area contributed by atoms with Gasteiger partial charge in [-0.15, -0.1) is 33.3 Å². The van der Waals surface area contributed by atoms with Crippen LogP contribution in [0.4, 0.5) is 5.13 Å². The molecule has 2 aliphatic rings. The number of anilines is 1. The van der Waals surface area contributed by atoms with Gasteiger partial charge in [0, 0.05) is 33.7 Å². The summed E-state index contributed by atoms with van der Waals surface area (Å²) in [5.74, 6) is -0.395. The Morgan fingerprint density at radius 3 is 2.77 bits per heavy atom. The molecule has 0 bridgehead atoms. The zero-order valence-electron chi connectivity index (χ0n) is 25.1. The lowest BCUT2D eigenvalue weighted by molar-refractivity contribution is -0.671. The van der Waals surface area contributed by atoms with Crippen molar-refractivity contribution >= 4 is 94.7 Å². The number of halogens is 1. The summed E-state index contributed by atoms with van der Waals surface area (Å²) in [6.45, 7) is 5.84. The third kappa shape index (κ3) is 7.75. The normalized spacial score (nSPS) is 17.6. The van der Waals surface area contributed by atoms with Gasteiger partial charge in [-0.2, -0.15) is 5.21 Å². The highest BCUT2D eigenvalue weighted by Gasteiger charge is 2.54. The minimum atomic E-state index is -2.51. The number of pyridine rings is 1. The summed E-state index contributed by atoms with van der Waals surface area (Å²) in [4.78, 5) is 62.0. The summed E-state index contributed by atoms with van der Waals surface area (Å²) in [6.07, 6.45) is 3.91. The molecule has 4 aromatic heterocycles. The van der Waals surface area contributed by atoms with Crippen LogP contribution in [0.1, 0.15) is 32.3 Å². The van der Waals surface area contributed by atoms with Gasteiger partial charge in [0.15, 0.2) is 27.6 Å². The number of aromatic amines is 1. The van der Waals surface area contributed by atoms with E-state index in [9.17, 15) is 19.4 Å². The Balaban J connectivity index is 0.00000213. The van der Waals surface area contributed by atoms with Crippen LogP contribution in [0.15, 0.2) is 44.3 Å². The van der Waals surface area contributed by atoms with E-state index in [-0.39, 0.29) is 39.2 Å². The zero-order valence-corrected chi connectivity index (χ0v) is 30.0. The molecule has 47 heavy (non-hydrogen) atoms. The largest absolute Gasteiger partial charge is 0.395 e. The molecule has 2 aliphatic heterocycles. The number of oxime groups is 1. The van der Waals surface area contributed by atoms with Crippen molar-refractivity contribution in [1.29, 1.82) is 0 Å². The van der Waals surface area contributed by atoms with E-state index in [2.05, 4.69) is 41.2 Å². The van der Waals surface area contributed by atoms with Gasteiger partial charge in [-0.1, -0.05) is 53.7 Å². The molecule has 248 valence electrons. The monoisotopic (exact) mass is 756 g/mol. The standard InChI is InChI=1S/C23H21ClN11O5PS4.C2H6/c1-3-40-30-14(13-17(24)45-22(27-13)31-41(38)39)19(36)26-15-20(37)35-16(18-28-32-33-29-18)12(9-42-21(15)35)44-23-25-11(8-43-23)10-4-6-34(2)7-5-10;1-2/h4-8,15,21,38-39H,3,9H2,1-2H3,(H2-,26,27,28,29,31,32,33,36);1-2H3/p+1/b30-14-;. The molecule has 0 aromatic carbocycles. The van der Waals surface area contributed by atoms with Crippen LogP contribution in [-0.4, -0.2) is 86.6 Å². The maximum Gasteiger partial charge on any atom is 0.283 e. The number of carbonyl (C=O) groups excluding carboxylic acids is 2. The van der Waals surface area contributed by atoms with Crippen LogP contribution in [0.2, 0.25) is 4.34 Å². The first kappa shape index (κ1) is 35.1. The van der Waals surface area contributed by atoms with Crippen LogP contribution in [0.25, 0.3) is 17.0 Å². The number of thioether (sulfide) groups is 2. The molecular formula is C25H28ClN11O5PS4+. The number of carbonyl (C=O) groups is 2. The fourth-order valence-electron chi connectivity index (χ4n) is 4.27. The number of H-pyrrole nitrogens is 1. The van der Waals surface area contributed by atoms with Gasteiger partial charge in [-0.25, -0.2) is 14.5 Å². The van der Waals surface area contributed by atoms with Gasteiger partial charge in [0.1, 0.15) is 40.8 Å². The third-order valence-electron chi connectivity index (χ3n) is 6.25. The van der Waals surface area contributed by atoms with Gasteiger partial charge in [0.05, 0.1) is 5.69 Å². The molecule has 2 atom stereocenters. The smallest absolute Gasteiger partial charge is 0.283 e. The van der Waals surface area contributed by atoms with E-state index in [4.69, 9.17) is 21.4 Å². The molecule has 0 saturated carbocycles. The molecular weight excluding hydrogens is 729 g/mol. The molecule has 0 spiro atoms. The van der Waals surface area contributed by atoms with Crippen molar-refractivity contribution in [3.8, 4) is 11.3 Å². The van der Waals surface area contributed by atoms with Gasteiger partial charge < -0.3 is 19.9 Å². The van der Waals surface area contributed by atoms with Crippen LogP contribution >= 0.6 is 66.3 Å². The summed E-state index contributed by atoms with van der Waals surface area (Å²) >= 11 is 11.6. The minimum absolute atomic E-state index is 0.0369. The first-order valence-electron chi connectivity index (χ1n) is 13.9. The lowest BCUT2D eigenvalue weighted by Crippen LogP contribution is -2.70. The average Bonchev–Trinajstić information content (AvgIpc) is 3.83. The SMILES string of the molecule is CC.CCO/N=C(\C(=O)NC1C(=O)N2C(c3nn[nH]n3)=C(Sc3nc(-c4cc[n+](C)cc4)cs3)CSC12)c1nc(NP(O)O)sc1Cl. The van der Waals surface area contributed by atoms with Crippen molar-refractivity contribution in [2.75, 3.05) is 17.4 Å². The predicted molar refractivity (Wildman–Crippen MR) is 182 cm³/mol. The number of aromatic nitrogens is 7. The van der Waals surface area contributed by atoms with Crippen molar-refractivity contribution in [2.45, 2.75) is 36.5 Å². The van der Waals surface area contributed by atoms with E-state index >= 15 is 0 Å². The molecule has 5 N–H and O–H groups in total. The van der Waals surface area contributed by atoms with Crippen LogP contribution < -0.4 is 15.0 Å². The van der Waals surface area contributed by atoms with Gasteiger partial charge in [-0.3, -0.25) is 19.6 Å². The summed E-state index contributed by atoms with van der Waals surface area (Å²) in [5.41, 5.74) is 2.02. The summed E-state index contributed by atoms with van der Waals surface area (Å²) < 4.78 is 2.79. The topological polar surface area (TPSA) is 208 Å². The molecule has 2 amide bonds. The number of nitrogens with one attached hydrogen (secondary N) is 3. The number of tetrazole rings is 1. The van der Waals surface area contributed by atoms with Crippen molar-refractivity contribution in [1.82, 2.24) is 40.8 Å². The van der Waals surface area contributed by atoms with Crippen molar-refractivity contribution in [3.63, 3.8) is 0 Å². The third-order valence-corrected chi connectivity index (χ3v) is 11.5. The zero-order chi connectivity index (χ0) is 33.7. The fourth-order valence-corrected chi connectivity index (χ4v) is 9.28. The number of β-lactam (4-membered cyclic amide) rings is 1. The highest BCUT2D eigenvalue weighted by Crippen LogP contribution is 2.48. The number of hydrogen-bond acceptors (Lipinski definition) is 16. The Kier molecular flexibility index (Phi) is 11.8. The Bertz CT molecular complexity index is 1790. The Morgan fingerprint density at radius 2 is 2.09 bits per heavy atom. The predicted octanol–water partition coefficient (Wildman–Crippen LogP) is 3.21. The lowest BCUT2D eigenvalue weighted by atomic mass is 10.0. The van der Waals surface area contributed by atoms with Crippen LogP contribution in [0.3, 0.4) is 0 Å². The van der Waals surface area contributed by atoms with Gasteiger partial charge in [0.25, 0.3) is 20.3 Å². The molecule has 0 aliphatic carbocycles. The molecule has 6 rings (SSSR count). The van der Waals surface area contributed by atoms with E-state index in [1.54, 1.807) is 11.8 Å². The number of fused-ring (bicyclic) bond motifs is 1. The second-order valence-corrected chi connectivity index (χ2v) is 14.8. The first-order chi connectivity index (χ1) is 22.7. The highest BCUT2D eigenvalue weighted by molar-refractivity contribution is 8.07. The Labute approximate surface area is 291 Å². The number of hydrogen-bond donors (Lipinski definition) is 5. The Hall–Kier alpha value is -3.23. The maximum absolute atomic E-state index is 13.6. The first-order valence-corrected chi connectivity index (χ1v) is 19.0. The second kappa shape index (κ2) is 15.8. The fraction of sp³-hybridized carbons (Fsp3) is 0.320. The second-order valence-electron chi connectivity index (χ2n) is 9.12. The summed E-state index contributed by atoms with van der Waals surface area (Å²) in [5, 5.41) is 25.0. The van der Waals surface area contributed by atoms with Gasteiger partial charge in [-0.05, 0) is 12.1 Å². The number of amides is 2. The van der Waals surface area contributed by atoms with E-state index < -0.39 is 25.8 Å². The molecule has 16 nitrogen and oxygen atoms in total. The maximum atomic E-state index is 13.6. The minimum Gasteiger partial charge on any atom is -0.395 e. The molecule has 2 unspecified atom stereocenters. The summed E-state index contributed by atoms with van der Waals surface area (Å²) in [7, 11) is -0.559. The Morgan fingerprint density at radius 1 is 1.32 bits per heavy atom. The quantitative estimate of drug-likeness (QED) is 0.0491. The summed E-state index contributed by atoms with van der Waals surface area (Å²) in [6, 6.07) is 3.07. The van der Waals surface area contributed by atoms with Crippen LogP contribution in [0.5, 0.6) is 0 Å². The van der Waals surface area contributed by atoms with Crippen molar-refractivity contribution < 1.29 is 28.8 Å². The lowest BCUT2D eigenvalue weighted by Gasteiger charge is -2.49. The number of rotatable bonds is 11. The van der Waals surface area contributed by atoms with Crippen LogP contribution in [0, 0.1) is 0 Å². The van der Waals surface area contributed by atoms with E-state index in [1.807, 2.05) is 55.4 Å². The van der Waals surface area contributed by atoms with Crippen LogP contribution in [-0.2, 0) is 21.5 Å². The van der Waals surface area contributed by atoms with E-state index in [1.165, 1.54) is 34.9 Å². The van der Waals surface area contributed by atoms with Gasteiger partial charge >= 0.3 is 0 Å². The molecule has 4 aromatic rings. The number of aryl methyl sites for hydroxylation is 1. The van der Waals surface area contributed by atoms with E-state index in [0.717, 1.165) is 31.8 Å². The van der Waals surface area contributed by atoms with Crippen molar-refractivity contribution in [3.05, 3.63) is 50.7 Å². The average molecular weight is 757 g/mol. The molecule has 6 heterocycles. The molecule has 0 radical (unpaired) electrons. The number of thiazole rings is 2. The highest BCUT2D eigenvalue weighted by atomic mass is 35.5. The van der Waals surface area contributed by atoms with E-state index in [0.29, 0.717) is 11.4 Å². The molecule has 22 heteroatoms. The number of nitrogens with zero attached hydrogens (tertiary/aromatic N) is 8. The van der Waals surface area contributed by atoms with Crippen molar-refractivity contribution in [2.24, 2.45) is 12.2 Å². The molecule has 1 fully saturated rings. The molecule has 1 saturated heterocycles.